The molecule has 1 aromatic carbocycles. The van der Waals surface area contributed by atoms with Gasteiger partial charge in [-0.3, -0.25) is 4.98 Å². The highest BCUT2D eigenvalue weighted by Gasteiger charge is 2.15. The normalized spacial score (nSPS) is 13.0. The summed E-state index contributed by atoms with van der Waals surface area (Å²) in [7, 11) is 0. The Morgan fingerprint density at radius 3 is 3.00 bits per heavy atom. The van der Waals surface area contributed by atoms with Gasteiger partial charge in [0, 0.05) is 40.2 Å². The van der Waals surface area contributed by atoms with Crippen LogP contribution < -0.4 is 5.32 Å². The first-order valence-corrected chi connectivity index (χ1v) is 7.41. The lowest BCUT2D eigenvalue weighted by Crippen LogP contribution is -1.90. The number of hydrogen-bond acceptors (Lipinski definition) is 5. The summed E-state index contributed by atoms with van der Waals surface area (Å²) in [5.41, 5.74) is 4.24. The van der Waals surface area contributed by atoms with E-state index in [1.165, 1.54) is 11.3 Å². The molecule has 0 amide bonds. The lowest BCUT2D eigenvalue weighted by molar-refractivity contribution is 0.432. The number of fused-ring (bicyclic) bond motifs is 1. The molecular formula is C15H11BrN4O. The first-order valence-electron chi connectivity index (χ1n) is 6.61. The van der Waals surface area contributed by atoms with Crippen molar-refractivity contribution in [1.29, 1.82) is 0 Å². The van der Waals surface area contributed by atoms with Crippen molar-refractivity contribution < 1.29 is 4.52 Å². The highest BCUT2D eigenvalue weighted by atomic mass is 79.9. The molecule has 2 aromatic heterocycles. The Bertz CT molecular complexity index is 815. The van der Waals surface area contributed by atoms with E-state index in [2.05, 4.69) is 48.5 Å². The Labute approximate surface area is 129 Å². The maximum absolute atomic E-state index is 5.38. The van der Waals surface area contributed by atoms with Crippen molar-refractivity contribution in [1.82, 2.24) is 15.1 Å². The number of rotatable bonds is 2. The fraction of sp³-hybridized carbons (Fsp3) is 0.133. The van der Waals surface area contributed by atoms with Gasteiger partial charge in [-0.2, -0.15) is 4.98 Å². The Morgan fingerprint density at radius 1 is 1.14 bits per heavy atom. The topological polar surface area (TPSA) is 63.8 Å². The number of anilines is 1. The second-order valence-electron chi connectivity index (χ2n) is 4.86. The molecule has 1 N–H and O–H groups in total. The minimum absolute atomic E-state index is 0.527. The largest absolute Gasteiger partial charge is 0.384 e. The van der Waals surface area contributed by atoms with Crippen molar-refractivity contribution in [3.8, 4) is 22.8 Å². The van der Waals surface area contributed by atoms with Gasteiger partial charge in [0.1, 0.15) is 0 Å². The van der Waals surface area contributed by atoms with E-state index in [1.54, 1.807) is 12.4 Å². The number of pyridine rings is 1. The number of nitrogens with one attached hydrogen (secondary N) is 1. The summed E-state index contributed by atoms with van der Waals surface area (Å²) in [6, 6.07) is 8.07. The van der Waals surface area contributed by atoms with Gasteiger partial charge in [0.25, 0.3) is 5.89 Å². The summed E-state index contributed by atoms with van der Waals surface area (Å²) in [5, 5.41) is 7.37. The van der Waals surface area contributed by atoms with Crippen LogP contribution in [0.15, 0.2) is 45.7 Å². The average molecular weight is 343 g/mol. The summed E-state index contributed by atoms with van der Waals surface area (Å²) in [5.74, 6) is 1.07. The average Bonchev–Trinajstić information content (AvgIpc) is 3.15. The van der Waals surface area contributed by atoms with Gasteiger partial charge in [0.15, 0.2) is 0 Å². The molecule has 4 rings (SSSR count). The summed E-state index contributed by atoms with van der Waals surface area (Å²) >= 11 is 3.39. The van der Waals surface area contributed by atoms with Crippen LogP contribution >= 0.6 is 15.9 Å². The number of hydrogen-bond donors (Lipinski definition) is 1. The van der Waals surface area contributed by atoms with Crippen LogP contribution in [0.5, 0.6) is 0 Å². The Morgan fingerprint density at radius 2 is 2.10 bits per heavy atom. The maximum atomic E-state index is 5.38. The molecule has 0 unspecified atom stereocenters. The maximum Gasteiger partial charge on any atom is 0.258 e. The van der Waals surface area contributed by atoms with Crippen LogP contribution in [0.25, 0.3) is 22.8 Å². The van der Waals surface area contributed by atoms with Gasteiger partial charge in [0.05, 0.1) is 0 Å². The zero-order chi connectivity index (χ0) is 14.2. The molecule has 0 aliphatic carbocycles. The van der Waals surface area contributed by atoms with Crippen LogP contribution in [-0.4, -0.2) is 21.7 Å². The van der Waals surface area contributed by atoms with E-state index < -0.39 is 0 Å². The van der Waals surface area contributed by atoms with E-state index in [1.807, 2.05) is 12.1 Å². The molecule has 3 heterocycles. The van der Waals surface area contributed by atoms with E-state index >= 15 is 0 Å². The standard InChI is InChI=1S/C15H11BrN4O/c16-12-6-11(7-17-8-12)14-19-15(21-20-14)10-1-2-13-9(5-10)3-4-18-13/h1-2,5-8,18H,3-4H2. The third kappa shape index (κ3) is 2.31. The first kappa shape index (κ1) is 12.5. The molecule has 0 bridgehead atoms. The van der Waals surface area contributed by atoms with Gasteiger partial charge in [-0.15, -0.1) is 0 Å². The van der Waals surface area contributed by atoms with E-state index in [0.717, 1.165) is 28.6 Å². The fourth-order valence-electron chi connectivity index (χ4n) is 2.43. The summed E-state index contributed by atoms with van der Waals surface area (Å²) in [4.78, 5) is 8.57. The van der Waals surface area contributed by atoms with Crippen LogP contribution in [0.4, 0.5) is 5.69 Å². The quantitative estimate of drug-likeness (QED) is 0.771. The molecule has 5 nitrogen and oxygen atoms in total. The number of aromatic nitrogens is 3. The Kier molecular flexibility index (Phi) is 2.96. The molecule has 0 radical (unpaired) electrons. The molecule has 21 heavy (non-hydrogen) atoms. The zero-order valence-corrected chi connectivity index (χ0v) is 12.6. The number of nitrogens with zero attached hydrogens (tertiary/aromatic N) is 3. The summed E-state index contributed by atoms with van der Waals surface area (Å²) in [6.45, 7) is 0.984. The molecule has 0 saturated carbocycles. The summed E-state index contributed by atoms with van der Waals surface area (Å²) < 4.78 is 6.26. The van der Waals surface area contributed by atoms with Crippen LogP contribution in [0, 0.1) is 0 Å². The van der Waals surface area contributed by atoms with Crippen LogP contribution in [0.3, 0.4) is 0 Å². The fourth-order valence-corrected chi connectivity index (χ4v) is 2.79. The summed E-state index contributed by atoms with van der Waals surface area (Å²) in [6.07, 6.45) is 4.46. The first-order chi connectivity index (χ1) is 10.3. The van der Waals surface area contributed by atoms with Gasteiger partial charge in [0.2, 0.25) is 5.82 Å². The van der Waals surface area contributed by atoms with Crippen molar-refractivity contribution in [2.75, 3.05) is 11.9 Å². The molecule has 0 spiro atoms. The molecule has 0 fully saturated rings. The molecule has 0 atom stereocenters. The van der Waals surface area contributed by atoms with Gasteiger partial charge in [-0.25, -0.2) is 0 Å². The van der Waals surface area contributed by atoms with Crippen molar-refractivity contribution >= 4 is 21.6 Å². The predicted octanol–water partition coefficient (Wildman–Crippen LogP) is 3.53. The van der Waals surface area contributed by atoms with Crippen molar-refractivity contribution in [2.45, 2.75) is 6.42 Å². The molecule has 3 aromatic rings. The van der Waals surface area contributed by atoms with Gasteiger partial charge in [-0.1, -0.05) is 5.16 Å². The monoisotopic (exact) mass is 342 g/mol. The van der Waals surface area contributed by atoms with Crippen molar-refractivity contribution in [3.05, 3.63) is 46.7 Å². The molecule has 6 heteroatoms. The minimum atomic E-state index is 0.527. The second-order valence-corrected chi connectivity index (χ2v) is 5.78. The van der Waals surface area contributed by atoms with Gasteiger partial charge < -0.3 is 9.84 Å². The van der Waals surface area contributed by atoms with E-state index in [4.69, 9.17) is 4.52 Å². The third-order valence-corrected chi connectivity index (χ3v) is 3.88. The predicted molar refractivity (Wildman–Crippen MR) is 82.9 cm³/mol. The van der Waals surface area contributed by atoms with E-state index in [9.17, 15) is 0 Å². The molecule has 1 aliphatic rings. The smallest absolute Gasteiger partial charge is 0.258 e. The van der Waals surface area contributed by atoms with E-state index in [0.29, 0.717) is 11.7 Å². The second kappa shape index (κ2) is 4.96. The van der Waals surface area contributed by atoms with Crippen LogP contribution in [0.1, 0.15) is 5.56 Å². The lowest BCUT2D eigenvalue weighted by atomic mass is 10.1. The van der Waals surface area contributed by atoms with Crippen molar-refractivity contribution in [3.63, 3.8) is 0 Å². The SMILES string of the molecule is Brc1cncc(-c2noc(-c3ccc4c(c3)CCN4)n2)c1. The van der Waals surface area contributed by atoms with Crippen LogP contribution in [0.2, 0.25) is 0 Å². The van der Waals surface area contributed by atoms with Crippen molar-refractivity contribution in [2.24, 2.45) is 0 Å². The number of halogens is 1. The molecule has 1 aliphatic heterocycles. The lowest BCUT2D eigenvalue weighted by Gasteiger charge is -2.00. The van der Waals surface area contributed by atoms with Crippen LogP contribution in [-0.2, 0) is 6.42 Å². The van der Waals surface area contributed by atoms with E-state index in [-0.39, 0.29) is 0 Å². The Hall–Kier alpha value is -2.21. The molecule has 104 valence electrons. The Balaban J connectivity index is 1.71. The highest BCUT2D eigenvalue weighted by Crippen LogP contribution is 2.29. The molecular weight excluding hydrogens is 332 g/mol. The third-order valence-electron chi connectivity index (χ3n) is 3.45. The zero-order valence-electron chi connectivity index (χ0n) is 11.0. The number of benzene rings is 1. The van der Waals surface area contributed by atoms with Gasteiger partial charge in [-0.05, 0) is 52.2 Å². The van der Waals surface area contributed by atoms with Gasteiger partial charge >= 0.3 is 0 Å². The minimum Gasteiger partial charge on any atom is -0.384 e. The molecule has 0 saturated heterocycles. The highest BCUT2D eigenvalue weighted by molar-refractivity contribution is 9.10.